The van der Waals surface area contributed by atoms with Crippen molar-refractivity contribution >= 4 is 0 Å². The van der Waals surface area contributed by atoms with Crippen molar-refractivity contribution in [3.05, 3.63) is 33.1 Å². The van der Waals surface area contributed by atoms with Crippen molar-refractivity contribution < 1.29 is 9.13 Å². The molecule has 3 N–H and O–H groups in total. The van der Waals surface area contributed by atoms with Crippen LogP contribution in [0.25, 0.3) is 0 Å². The fourth-order valence-corrected chi connectivity index (χ4v) is 1.72. The summed E-state index contributed by atoms with van der Waals surface area (Å²) in [6.07, 6.45) is -1.23. The Labute approximate surface area is 89.8 Å². The molecule has 3 atom stereocenters. The summed E-state index contributed by atoms with van der Waals surface area (Å²) in [6.45, 7) is 0.0652. The Balaban J connectivity index is 2.27. The van der Waals surface area contributed by atoms with Gasteiger partial charge in [0.15, 0.2) is 0 Å². The fraction of sp³-hybridized carbons (Fsp3) is 0.556. The Hall–Kier alpha value is -1.47. The highest BCUT2D eigenvalue weighted by molar-refractivity contribution is 4.88. The molecule has 1 aromatic heterocycles. The van der Waals surface area contributed by atoms with Gasteiger partial charge in [-0.2, -0.15) is 0 Å². The molecule has 2 heterocycles. The van der Waals surface area contributed by atoms with Gasteiger partial charge in [0.05, 0.1) is 0 Å². The molecule has 1 saturated heterocycles. The Bertz CT molecular complexity index is 483. The summed E-state index contributed by atoms with van der Waals surface area (Å²) in [5.41, 5.74) is 4.21. The molecule has 2 rings (SSSR count). The number of halogens is 1. The number of nitrogens with zero attached hydrogens (tertiary/aromatic N) is 1. The van der Waals surface area contributed by atoms with Gasteiger partial charge in [-0.25, -0.2) is 9.18 Å². The Morgan fingerprint density at radius 3 is 2.94 bits per heavy atom. The predicted octanol–water partition coefficient (Wildman–Crippen LogP) is -0.879. The van der Waals surface area contributed by atoms with Crippen molar-refractivity contribution in [3.8, 4) is 0 Å². The van der Waals surface area contributed by atoms with E-state index in [4.69, 9.17) is 10.5 Å². The number of nitrogens with one attached hydrogen (secondary N) is 1. The Morgan fingerprint density at radius 2 is 2.38 bits per heavy atom. The van der Waals surface area contributed by atoms with Gasteiger partial charge in [0.2, 0.25) is 0 Å². The van der Waals surface area contributed by atoms with Crippen LogP contribution in [0.15, 0.2) is 21.9 Å². The van der Waals surface area contributed by atoms with Crippen LogP contribution in [0.4, 0.5) is 4.39 Å². The average molecular weight is 229 g/mol. The molecule has 6 nitrogen and oxygen atoms in total. The standard InChI is InChI=1S/C9H12FN3O3/c10-5-3-8(16-6(5)4-11)13-2-1-7(14)12-9(13)15/h1-2,5-6,8H,3-4,11H2,(H,12,14,15)/t5-,6+,8+/m0/s1. The first-order chi connectivity index (χ1) is 7.61. The number of H-pyrrole nitrogens is 1. The smallest absolute Gasteiger partial charge is 0.330 e. The molecule has 0 radical (unpaired) electrons. The van der Waals surface area contributed by atoms with Crippen molar-refractivity contribution in [3.63, 3.8) is 0 Å². The summed E-state index contributed by atoms with van der Waals surface area (Å²) in [4.78, 5) is 24.3. The van der Waals surface area contributed by atoms with Crippen LogP contribution < -0.4 is 17.0 Å². The lowest BCUT2D eigenvalue weighted by molar-refractivity contribution is -0.00538. The summed E-state index contributed by atoms with van der Waals surface area (Å²) in [5, 5.41) is 0. The predicted molar refractivity (Wildman–Crippen MR) is 53.8 cm³/mol. The topological polar surface area (TPSA) is 90.1 Å². The quantitative estimate of drug-likeness (QED) is 0.689. The van der Waals surface area contributed by atoms with Crippen molar-refractivity contribution in [2.75, 3.05) is 6.54 Å². The summed E-state index contributed by atoms with van der Waals surface area (Å²) in [6, 6.07) is 1.19. The second kappa shape index (κ2) is 4.18. The second-order valence-corrected chi connectivity index (χ2v) is 3.63. The molecule has 0 unspecified atom stereocenters. The fourth-order valence-electron chi connectivity index (χ4n) is 1.72. The van der Waals surface area contributed by atoms with Crippen LogP contribution in [-0.2, 0) is 4.74 Å². The van der Waals surface area contributed by atoms with Crippen LogP contribution in [0, 0.1) is 0 Å². The van der Waals surface area contributed by atoms with Gasteiger partial charge >= 0.3 is 5.69 Å². The number of rotatable bonds is 2. The van der Waals surface area contributed by atoms with E-state index in [1.54, 1.807) is 0 Å². The van der Waals surface area contributed by atoms with E-state index in [0.29, 0.717) is 0 Å². The molecule has 1 aliphatic heterocycles. The molecule has 1 fully saturated rings. The minimum absolute atomic E-state index is 0.0633. The molecular formula is C9H12FN3O3. The van der Waals surface area contributed by atoms with Gasteiger partial charge < -0.3 is 10.5 Å². The number of aromatic amines is 1. The zero-order valence-corrected chi connectivity index (χ0v) is 8.43. The maximum absolute atomic E-state index is 13.3. The third kappa shape index (κ3) is 1.91. The molecule has 0 aliphatic carbocycles. The molecule has 16 heavy (non-hydrogen) atoms. The van der Waals surface area contributed by atoms with Crippen LogP contribution >= 0.6 is 0 Å². The first kappa shape index (κ1) is 11.0. The van der Waals surface area contributed by atoms with Crippen LogP contribution in [0.5, 0.6) is 0 Å². The van der Waals surface area contributed by atoms with Gasteiger partial charge in [-0.1, -0.05) is 0 Å². The first-order valence-electron chi connectivity index (χ1n) is 4.93. The lowest BCUT2D eigenvalue weighted by Gasteiger charge is -2.13. The lowest BCUT2D eigenvalue weighted by Crippen LogP contribution is -2.32. The first-order valence-corrected chi connectivity index (χ1v) is 4.93. The van der Waals surface area contributed by atoms with Crippen molar-refractivity contribution in [2.45, 2.75) is 24.9 Å². The van der Waals surface area contributed by atoms with Crippen molar-refractivity contribution in [1.29, 1.82) is 0 Å². The normalized spacial score (nSPS) is 29.5. The summed E-state index contributed by atoms with van der Waals surface area (Å²) in [5.74, 6) is 0. The largest absolute Gasteiger partial charge is 0.350 e. The highest BCUT2D eigenvalue weighted by atomic mass is 19.1. The third-order valence-electron chi connectivity index (χ3n) is 2.56. The molecule has 0 aromatic carbocycles. The number of nitrogens with two attached hydrogens (primary N) is 1. The number of ether oxygens (including phenoxy) is 1. The number of hydrogen-bond acceptors (Lipinski definition) is 4. The van der Waals surface area contributed by atoms with Gasteiger partial charge in [-0.3, -0.25) is 14.3 Å². The van der Waals surface area contributed by atoms with Crippen LogP contribution in [-0.4, -0.2) is 28.4 Å². The monoisotopic (exact) mass is 229 g/mol. The zero-order chi connectivity index (χ0) is 11.7. The Morgan fingerprint density at radius 1 is 1.62 bits per heavy atom. The third-order valence-corrected chi connectivity index (χ3v) is 2.56. The van der Waals surface area contributed by atoms with Gasteiger partial charge in [-0.15, -0.1) is 0 Å². The van der Waals surface area contributed by atoms with E-state index in [0.717, 1.165) is 4.57 Å². The average Bonchev–Trinajstić information content (AvgIpc) is 2.59. The molecule has 88 valence electrons. The molecule has 0 amide bonds. The number of hydrogen-bond donors (Lipinski definition) is 2. The van der Waals surface area contributed by atoms with Crippen molar-refractivity contribution in [2.24, 2.45) is 5.73 Å². The highest BCUT2D eigenvalue weighted by Crippen LogP contribution is 2.28. The van der Waals surface area contributed by atoms with Gasteiger partial charge in [0, 0.05) is 25.2 Å². The van der Waals surface area contributed by atoms with Gasteiger partial charge in [0.1, 0.15) is 18.5 Å². The maximum Gasteiger partial charge on any atom is 0.330 e. The molecule has 0 saturated carbocycles. The summed E-state index contributed by atoms with van der Waals surface area (Å²) < 4.78 is 19.8. The molecule has 0 spiro atoms. The van der Waals surface area contributed by atoms with E-state index in [9.17, 15) is 14.0 Å². The lowest BCUT2D eigenvalue weighted by atomic mass is 10.2. The van der Waals surface area contributed by atoms with Crippen LogP contribution in [0.1, 0.15) is 12.6 Å². The molecule has 7 heteroatoms. The van der Waals surface area contributed by atoms with E-state index in [1.165, 1.54) is 12.3 Å². The summed E-state index contributed by atoms with van der Waals surface area (Å²) >= 11 is 0. The zero-order valence-electron chi connectivity index (χ0n) is 8.43. The van der Waals surface area contributed by atoms with Crippen molar-refractivity contribution in [1.82, 2.24) is 9.55 Å². The van der Waals surface area contributed by atoms with Gasteiger partial charge in [0.25, 0.3) is 5.56 Å². The number of alkyl halides is 1. The van der Waals surface area contributed by atoms with Crippen LogP contribution in [0.2, 0.25) is 0 Å². The van der Waals surface area contributed by atoms with E-state index in [1.807, 2.05) is 0 Å². The summed E-state index contributed by atoms with van der Waals surface area (Å²) in [7, 11) is 0. The molecule has 1 aliphatic rings. The Kier molecular flexibility index (Phi) is 2.88. The van der Waals surface area contributed by atoms with E-state index < -0.39 is 29.8 Å². The minimum atomic E-state index is -1.19. The van der Waals surface area contributed by atoms with Crippen LogP contribution in [0.3, 0.4) is 0 Å². The van der Waals surface area contributed by atoms with Gasteiger partial charge in [-0.05, 0) is 0 Å². The SMILES string of the molecule is NC[C@H]1O[C@@H](n2ccc(=O)[nH]c2=O)C[C@@H]1F. The number of aromatic nitrogens is 2. The maximum atomic E-state index is 13.3. The molecule has 1 aromatic rings. The van der Waals surface area contributed by atoms with E-state index in [2.05, 4.69) is 4.98 Å². The second-order valence-electron chi connectivity index (χ2n) is 3.63. The highest BCUT2D eigenvalue weighted by Gasteiger charge is 2.35. The van der Waals surface area contributed by atoms with E-state index in [-0.39, 0.29) is 13.0 Å². The molecule has 0 bridgehead atoms. The molecular weight excluding hydrogens is 217 g/mol. The minimum Gasteiger partial charge on any atom is -0.350 e. The van der Waals surface area contributed by atoms with E-state index >= 15 is 0 Å².